The van der Waals surface area contributed by atoms with E-state index in [0.29, 0.717) is 5.82 Å². The number of aromatic nitrogens is 1. The number of rotatable bonds is 4. The Hall–Kier alpha value is -1.11. The SMILES string of the molecule is NNc1cccc(NCc2cc(Br)cs2)n1. The van der Waals surface area contributed by atoms with Crippen molar-refractivity contribution >= 4 is 38.9 Å². The summed E-state index contributed by atoms with van der Waals surface area (Å²) in [6, 6.07) is 7.70. The van der Waals surface area contributed by atoms with Crippen molar-refractivity contribution in [1.82, 2.24) is 4.98 Å². The molecule has 0 spiro atoms. The zero-order chi connectivity index (χ0) is 11.4. The zero-order valence-corrected chi connectivity index (χ0v) is 10.8. The van der Waals surface area contributed by atoms with Crippen molar-refractivity contribution in [2.45, 2.75) is 6.54 Å². The second kappa shape index (κ2) is 5.29. The molecule has 16 heavy (non-hydrogen) atoms. The molecule has 0 fully saturated rings. The Kier molecular flexibility index (Phi) is 3.76. The fourth-order valence-corrected chi connectivity index (χ4v) is 2.63. The molecule has 0 bridgehead atoms. The Morgan fingerprint density at radius 2 is 2.19 bits per heavy atom. The van der Waals surface area contributed by atoms with Crippen molar-refractivity contribution in [3.63, 3.8) is 0 Å². The summed E-state index contributed by atoms with van der Waals surface area (Å²) < 4.78 is 1.11. The maximum Gasteiger partial charge on any atom is 0.142 e. The average molecular weight is 299 g/mol. The second-order valence-corrected chi connectivity index (χ2v) is 5.05. The Morgan fingerprint density at radius 3 is 2.88 bits per heavy atom. The molecule has 0 amide bonds. The number of anilines is 2. The van der Waals surface area contributed by atoms with Gasteiger partial charge in [-0.1, -0.05) is 6.07 Å². The number of halogens is 1. The number of pyridine rings is 1. The molecule has 0 aliphatic heterocycles. The highest BCUT2D eigenvalue weighted by atomic mass is 79.9. The van der Waals surface area contributed by atoms with E-state index in [-0.39, 0.29) is 0 Å². The molecule has 0 aliphatic rings. The minimum Gasteiger partial charge on any atom is -0.365 e. The maximum absolute atomic E-state index is 5.28. The van der Waals surface area contributed by atoms with Gasteiger partial charge in [-0.15, -0.1) is 11.3 Å². The number of nitrogen functional groups attached to an aromatic ring is 1. The molecule has 2 aromatic heterocycles. The van der Waals surface area contributed by atoms with Crippen molar-refractivity contribution in [3.8, 4) is 0 Å². The number of hydrogen-bond acceptors (Lipinski definition) is 5. The van der Waals surface area contributed by atoms with Crippen LogP contribution in [0.2, 0.25) is 0 Å². The van der Waals surface area contributed by atoms with E-state index < -0.39 is 0 Å². The summed E-state index contributed by atoms with van der Waals surface area (Å²) >= 11 is 5.12. The van der Waals surface area contributed by atoms with Gasteiger partial charge in [0.15, 0.2) is 0 Å². The van der Waals surface area contributed by atoms with Gasteiger partial charge >= 0.3 is 0 Å². The molecule has 2 heterocycles. The molecule has 0 unspecified atom stereocenters. The molecular weight excluding hydrogens is 288 g/mol. The second-order valence-electron chi connectivity index (χ2n) is 3.14. The third kappa shape index (κ3) is 2.94. The minimum atomic E-state index is 0.650. The number of hydrogen-bond donors (Lipinski definition) is 3. The van der Waals surface area contributed by atoms with Crippen molar-refractivity contribution in [3.05, 3.63) is 39.0 Å². The van der Waals surface area contributed by atoms with E-state index in [9.17, 15) is 0 Å². The van der Waals surface area contributed by atoms with E-state index in [4.69, 9.17) is 5.84 Å². The monoisotopic (exact) mass is 298 g/mol. The molecule has 0 saturated heterocycles. The zero-order valence-electron chi connectivity index (χ0n) is 8.40. The molecular formula is C10H11BrN4S. The van der Waals surface area contributed by atoms with Gasteiger partial charge < -0.3 is 10.7 Å². The predicted molar refractivity (Wildman–Crippen MR) is 71.4 cm³/mol. The summed E-state index contributed by atoms with van der Waals surface area (Å²) in [5, 5.41) is 5.29. The number of nitrogens with zero attached hydrogens (tertiary/aromatic N) is 1. The summed E-state index contributed by atoms with van der Waals surface area (Å²) in [5.74, 6) is 6.74. The lowest BCUT2D eigenvalue weighted by atomic mass is 10.4. The van der Waals surface area contributed by atoms with Crippen LogP contribution in [0.15, 0.2) is 34.1 Å². The van der Waals surface area contributed by atoms with Crippen LogP contribution in [0.5, 0.6) is 0 Å². The molecule has 0 radical (unpaired) electrons. The Bertz CT molecular complexity index is 471. The van der Waals surface area contributed by atoms with Crippen LogP contribution in [-0.4, -0.2) is 4.98 Å². The highest BCUT2D eigenvalue weighted by Gasteiger charge is 1.99. The molecule has 84 valence electrons. The van der Waals surface area contributed by atoms with Crippen LogP contribution in [0.25, 0.3) is 0 Å². The van der Waals surface area contributed by atoms with Gasteiger partial charge in [0.2, 0.25) is 0 Å². The fraction of sp³-hybridized carbons (Fsp3) is 0.100. The largest absolute Gasteiger partial charge is 0.365 e. The molecule has 0 aromatic carbocycles. The number of nitrogens with two attached hydrogens (primary N) is 1. The van der Waals surface area contributed by atoms with Crippen LogP contribution in [0.1, 0.15) is 4.88 Å². The summed E-state index contributed by atoms with van der Waals surface area (Å²) in [7, 11) is 0. The van der Waals surface area contributed by atoms with Crippen LogP contribution >= 0.6 is 27.3 Å². The van der Waals surface area contributed by atoms with Crippen molar-refractivity contribution in [2.24, 2.45) is 5.84 Å². The standard InChI is InChI=1S/C10H11BrN4S/c11-7-4-8(16-6-7)5-13-9-2-1-3-10(14-9)15-12/h1-4,6H,5,12H2,(H2,13,14,15). The molecule has 0 saturated carbocycles. The number of thiophene rings is 1. The summed E-state index contributed by atoms with van der Waals surface area (Å²) in [5.41, 5.74) is 2.51. The van der Waals surface area contributed by atoms with Gasteiger partial charge in [0, 0.05) is 14.7 Å². The quantitative estimate of drug-likeness (QED) is 0.600. The Balaban J connectivity index is 1.99. The number of hydrazine groups is 1. The van der Waals surface area contributed by atoms with Crippen LogP contribution in [0.4, 0.5) is 11.6 Å². The van der Waals surface area contributed by atoms with Gasteiger partial charge in [-0.05, 0) is 34.1 Å². The number of nitrogens with one attached hydrogen (secondary N) is 2. The van der Waals surface area contributed by atoms with E-state index in [2.05, 4.69) is 43.1 Å². The third-order valence-corrected chi connectivity index (χ3v) is 3.66. The van der Waals surface area contributed by atoms with E-state index in [1.165, 1.54) is 4.88 Å². The lowest BCUT2D eigenvalue weighted by Crippen LogP contribution is -2.09. The van der Waals surface area contributed by atoms with Crippen LogP contribution in [0, 0.1) is 0 Å². The van der Waals surface area contributed by atoms with Crippen LogP contribution in [0.3, 0.4) is 0 Å². The van der Waals surface area contributed by atoms with Gasteiger partial charge in [0.1, 0.15) is 11.6 Å². The summed E-state index contributed by atoms with van der Waals surface area (Å²) in [4.78, 5) is 5.51. The first-order valence-electron chi connectivity index (χ1n) is 4.68. The first-order chi connectivity index (χ1) is 7.78. The van der Waals surface area contributed by atoms with Crippen molar-refractivity contribution in [2.75, 3.05) is 10.7 Å². The highest BCUT2D eigenvalue weighted by molar-refractivity contribution is 9.10. The smallest absolute Gasteiger partial charge is 0.142 e. The molecule has 2 rings (SSSR count). The topological polar surface area (TPSA) is 63.0 Å². The van der Waals surface area contributed by atoms with Gasteiger partial charge in [0.05, 0.1) is 6.54 Å². The Morgan fingerprint density at radius 1 is 1.38 bits per heavy atom. The third-order valence-electron chi connectivity index (χ3n) is 1.96. The van der Waals surface area contributed by atoms with Crippen LogP contribution < -0.4 is 16.6 Å². The van der Waals surface area contributed by atoms with Gasteiger partial charge in [-0.25, -0.2) is 10.8 Å². The predicted octanol–water partition coefficient (Wildman–Crippen LogP) is 2.80. The van der Waals surface area contributed by atoms with E-state index in [1.54, 1.807) is 11.3 Å². The van der Waals surface area contributed by atoms with Gasteiger partial charge in [0.25, 0.3) is 0 Å². The minimum absolute atomic E-state index is 0.650. The van der Waals surface area contributed by atoms with E-state index >= 15 is 0 Å². The molecule has 0 atom stereocenters. The summed E-state index contributed by atoms with van der Waals surface area (Å²) in [6.07, 6.45) is 0. The molecule has 2 aromatic rings. The Labute approximate surface area is 106 Å². The molecule has 4 N–H and O–H groups in total. The van der Waals surface area contributed by atoms with Crippen molar-refractivity contribution < 1.29 is 0 Å². The van der Waals surface area contributed by atoms with Crippen molar-refractivity contribution in [1.29, 1.82) is 0 Å². The fourth-order valence-electron chi connectivity index (χ4n) is 1.24. The molecule has 6 heteroatoms. The first-order valence-corrected chi connectivity index (χ1v) is 6.35. The summed E-state index contributed by atoms with van der Waals surface area (Å²) in [6.45, 7) is 0.761. The average Bonchev–Trinajstić information content (AvgIpc) is 2.73. The first kappa shape index (κ1) is 11.4. The lowest BCUT2D eigenvalue weighted by Gasteiger charge is -2.05. The molecule has 0 aliphatic carbocycles. The van der Waals surface area contributed by atoms with E-state index in [1.807, 2.05) is 18.2 Å². The lowest BCUT2D eigenvalue weighted by molar-refractivity contribution is 1.13. The van der Waals surface area contributed by atoms with Gasteiger partial charge in [-0.2, -0.15) is 0 Å². The maximum atomic E-state index is 5.28. The highest BCUT2D eigenvalue weighted by Crippen LogP contribution is 2.20. The van der Waals surface area contributed by atoms with Gasteiger partial charge in [-0.3, -0.25) is 0 Å². The van der Waals surface area contributed by atoms with Crippen LogP contribution in [-0.2, 0) is 6.54 Å². The molecule has 4 nitrogen and oxygen atoms in total. The van der Waals surface area contributed by atoms with E-state index in [0.717, 1.165) is 16.8 Å². The normalized spacial score (nSPS) is 10.1.